The minimum Gasteiger partial charge on any atom is -0.493 e. The summed E-state index contributed by atoms with van der Waals surface area (Å²) in [5.41, 5.74) is 1.21. The number of nitrogens with zero attached hydrogens (tertiary/aromatic N) is 3. The van der Waals surface area contributed by atoms with Crippen molar-refractivity contribution in [1.29, 1.82) is 0 Å². The third-order valence-corrected chi connectivity index (χ3v) is 5.55. The van der Waals surface area contributed by atoms with Crippen LogP contribution in [0.4, 0.5) is 5.82 Å². The van der Waals surface area contributed by atoms with Crippen molar-refractivity contribution in [2.75, 3.05) is 45.3 Å². The van der Waals surface area contributed by atoms with Gasteiger partial charge in [0.05, 0.1) is 19.2 Å². The fraction of sp³-hybridized carbons (Fsp3) is 0.478. The van der Waals surface area contributed by atoms with Crippen LogP contribution in [0.1, 0.15) is 25.3 Å². The second-order valence-electron chi connectivity index (χ2n) is 7.44. The number of halogens is 1. The lowest BCUT2D eigenvalue weighted by molar-refractivity contribution is 0.354. The number of aliphatic imine (C=N–C) groups is 1. The summed E-state index contributed by atoms with van der Waals surface area (Å²) >= 11 is 6.30. The number of aryl methyl sites for hydroxylation is 1. The number of hydrogen-bond acceptors (Lipinski definition) is 5. The summed E-state index contributed by atoms with van der Waals surface area (Å²) in [5, 5.41) is 7.60. The Morgan fingerprint density at radius 3 is 2.84 bits per heavy atom. The molecule has 0 aliphatic carbocycles. The highest BCUT2D eigenvalue weighted by Gasteiger charge is 2.25. The second kappa shape index (κ2) is 11.6. The molecule has 31 heavy (non-hydrogen) atoms. The van der Waals surface area contributed by atoms with Gasteiger partial charge in [0.2, 0.25) is 0 Å². The molecule has 1 fully saturated rings. The Balaban J connectivity index is 1.51. The molecule has 168 valence electrons. The largest absolute Gasteiger partial charge is 0.493 e. The predicted molar refractivity (Wildman–Crippen MR) is 127 cm³/mol. The van der Waals surface area contributed by atoms with Crippen LogP contribution in [0.5, 0.6) is 11.5 Å². The first-order chi connectivity index (χ1) is 15.1. The molecule has 0 amide bonds. The smallest absolute Gasteiger partial charge is 0.191 e. The third kappa shape index (κ3) is 6.40. The molecule has 1 saturated heterocycles. The fourth-order valence-corrected chi connectivity index (χ4v) is 3.95. The second-order valence-corrected chi connectivity index (χ2v) is 7.85. The third-order valence-electron chi connectivity index (χ3n) is 5.25. The van der Waals surface area contributed by atoms with Crippen LogP contribution < -0.4 is 25.0 Å². The van der Waals surface area contributed by atoms with E-state index in [4.69, 9.17) is 26.1 Å². The summed E-state index contributed by atoms with van der Waals surface area (Å²) in [6.07, 6.45) is 4.68. The molecule has 2 N–H and O–H groups in total. The zero-order valence-corrected chi connectivity index (χ0v) is 19.3. The van der Waals surface area contributed by atoms with Gasteiger partial charge in [0.1, 0.15) is 5.82 Å². The van der Waals surface area contributed by atoms with E-state index in [1.807, 2.05) is 24.3 Å². The molecule has 1 aliphatic heterocycles. The number of aromatic nitrogens is 1. The van der Waals surface area contributed by atoms with Gasteiger partial charge in [-0.3, -0.25) is 4.99 Å². The van der Waals surface area contributed by atoms with Crippen LogP contribution in [-0.2, 0) is 6.42 Å². The first-order valence-electron chi connectivity index (χ1n) is 10.8. The van der Waals surface area contributed by atoms with E-state index in [1.54, 1.807) is 20.4 Å². The van der Waals surface area contributed by atoms with E-state index in [0.29, 0.717) is 11.1 Å². The van der Waals surface area contributed by atoms with Crippen LogP contribution in [-0.4, -0.2) is 57.4 Å². The van der Waals surface area contributed by atoms with E-state index in [2.05, 4.69) is 33.5 Å². The molecule has 3 rings (SSSR count). The van der Waals surface area contributed by atoms with Gasteiger partial charge in [0.15, 0.2) is 17.5 Å². The number of pyridine rings is 1. The van der Waals surface area contributed by atoms with Crippen LogP contribution in [0.15, 0.2) is 41.5 Å². The molecular formula is C23H32ClN5O2. The van der Waals surface area contributed by atoms with Crippen LogP contribution in [0.2, 0.25) is 5.02 Å². The van der Waals surface area contributed by atoms with Crippen LogP contribution in [0.25, 0.3) is 0 Å². The summed E-state index contributed by atoms with van der Waals surface area (Å²) < 4.78 is 10.7. The number of guanidine groups is 1. The predicted octanol–water partition coefficient (Wildman–Crippen LogP) is 3.52. The molecular weight excluding hydrogens is 414 g/mol. The van der Waals surface area contributed by atoms with E-state index < -0.39 is 0 Å². The van der Waals surface area contributed by atoms with Crippen LogP contribution >= 0.6 is 11.6 Å². The monoisotopic (exact) mass is 445 g/mol. The van der Waals surface area contributed by atoms with E-state index in [-0.39, 0.29) is 0 Å². The van der Waals surface area contributed by atoms with Crippen molar-refractivity contribution in [2.45, 2.75) is 32.2 Å². The minimum atomic E-state index is 0.307. The Morgan fingerprint density at radius 2 is 2.10 bits per heavy atom. The number of hydrogen-bond donors (Lipinski definition) is 2. The van der Waals surface area contributed by atoms with E-state index in [9.17, 15) is 0 Å². The molecule has 0 bridgehead atoms. The highest BCUT2D eigenvalue weighted by atomic mass is 35.5. The van der Waals surface area contributed by atoms with Crippen molar-refractivity contribution < 1.29 is 9.47 Å². The lowest BCUT2D eigenvalue weighted by Gasteiger charge is -2.20. The highest BCUT2D eigenvalue weighted by molar-refractivity contribution is 6.32. The summed E-state index contributed by atoms with van der Waals surface area (Å²) in [5.74, 6) is 3.22. The average molecular weight is 446 g/mol. The van der Waals surface area contributed by atoms with Gasteiger partial charge in [-0.25, -0.2) is 4.98 Å². The van der Waals surface area contributed by atoms with E-state index in [0.717, 1.165) is 68.7 Å². The van der Waals surface area contributed by atoms with Gasteiger partial charge in [-0.15, -0.1) is 0 Å². The van der Waals surface area contributed by atoms with Crippen molar-refractivity contribution >= 4 is 23.4 Å². The minimum absolute atomic E-state index is 0.307. The number of benzene rings is 1. The van der Waals surface area contributed by atoms with Gasteiger partial charge in [-0.2, -0.15) is 0 Å². The van der Waals surface area contributed by atoms with Gasteiger partial charge in [0.25, 0.3) is 0 Å². The van der Waals surface area contributed by atoms with Gasteiger partial charge in [-0.1, -0.05) is 17.7 Å². The number of nitrogens with one attached hydrogen (secondary N) is 2. The lowest BCUT2D eigenvalue weighted by Crippen LogP contribution is -2.44. The molecule has 0 saturated carbocycles. The van der Waals surface area contributed by atoms with Gasteiger partial charge in [-0.05, 0) is 56.0 Å². The molecule has 2 heterocycles. The Morgan fingerprint density at radius 1 is 1.26 bits per heavy atom. The molecule has 0 spiro atoms. The quantitative estimate of drug-likeness (QED) is 0.349. The Labute approximate surface area is 189 Å². The number of ether oxygens (including phenoxy) is 2. The average Bonchev–Trinajstić information content (AvgIpc) is 3.25. The molecule has 2 aromatic rings. The molecule has 7 nitrogen and oxygen atoms in total. The van der Waals surface area contributed by atoms with Crippen molar-refractivity contribution in [1.82, 2.24) is 15.6 Å². The van der Waals surface area contributed by atoms with Crippen molar-refractivity contribution in [2.24, 2.45) is 4.99 Å². The highest BCUT2D eigenvalue weighted by Crippen LogP contribution is 2.28. The van der Waals surface area contributed by atoms with E-state index >= 15 is 0 Å². The molecule has 0 radical (unpaired) electrons. The van der Waals surface area contributed by atoms with Crippen LogP contribution in [0.3, 0.4) is 0 Å². The summed E-state index contributed by atoms with van der Waals surface area (Å²) in [4.78, 5) is 11.4. The Bertz CT molecular complexity index is 877. The lowest BCUT2D eigenvalue weighted by atomic mass is 10.1. The van der Waals surface area contributed by atoms with Crippen molar-refractivity contribution in [3.05, 3.63) is 47.1 Å². The van der Waals surface area contributed by atoms with E-state index in [1.165, 1.54) is 5.56 Å². The molecule has 8 heteroatoms. The summed E-state index contributed by atoms with van der Waals surface area (Å²) in [6.45, 7) is 5.42. The normalized spacial score (nSPS) is 16.3. The van der Waals surface area contributed by atoms with Crippen molar-refractivity contribution in [3.8, 4) is 11.5 Å². The Kier molecular flexibility index (Phi) is 8.64. The first kappa shape index (κ1) is 23.0. The maximum Gasteiger partial charge on any atom is 0.191 e. The molecule has 1 aliphatic rings. The maximum absolute atomic E-state index is 6.30. The topological polar surface area (TPSA) is 71.0 Å². The summed E-state index contributed by atoms with van der Waals surface area (Å²) in [7, 11) is 3.31. The Hall–Kier alpha value is -2.67. The van der Waals surface area contributed by atoms with Gasteiger partial charge < -0.3 is 25.0 Å². The molecule has 1 unspecified atom stereocenters. The number of methoxy groups -OCH3 is 2. The number of rotatable bonds is 9. The first-order valence-corrected chi connectivity index (χ1v) is 11.1. The molecule has 1 aromatic carbocycles. The standard InChI is InChI=1S/C23H32ClN5O2/c1-4-25-23(27-13-5-7-17-9-10-20(30-2)21(15-17)31-3)28-18-11-14-29(16-18)22-19(24)8-6-12-26-22/h6,8-10,12,15,18H,4-5,7,11,13-14,16H2,1-3H3,(H2,25,27,28). The fourth-order valence-electron chi connectivity index (χ4n) is 3.70. The SMILES string of the molecule is CCNC(=NCCCc1ccc(OC)c(OC)c1)NC1CCN(c2ncccc2Cl)C1. The van der Waals surface area contributed by atoms with Gasteiger partial charge in [0, 0.05) is 38.4 Å². The van der Waals surface area contributed by atoms with Crippen LogP contribution in [0, 0.1) is 0 Å². The maximum atomic E-state index is 6.30. The molecule has 1 atom stereocenters. The zero-order valence-electron chi connectivity index (χ0n) is 18.5. The zero-order chi connectivity index (χ0) is 22.1. The van der Waals surface area contributed by atoms with Gasteiger partial charge >= 0.3 is 0 Å². The van der Waals surface area contributed by atoms with Crippen molar-refractivity contribution in [3.63, 3.8) is 0 Å². The molecule has 1 aromatic heterocycles. The summed E-state index contributed by atoms with van der Waals surface area (Å²) in [6, 6.07) is 10.1. The number of anilines is 1.